The summed E-state index contributed by atoms with van der Waals surface area (Å²) in [6, 6.07) is 9.22. The molecule has 4 nitrogen and oxygen atoms in total. The second-order valence-electron chi connectivity index (χ2n) is 5.00. The van der Waals surface area contributed by atoms with Gasteiger partial charge in [0, 0.05) is 17.8 Å². The number of benzene rings is 2. The molecule has 2 rings (SSSR count). The molecule has 0 aliphatic heterocycles. The molecule has 0 aliphatic carbocycles. The Morgan fingerprint density at radius 2 is 1.86 bits per heavy atom. The van der Waals surface area contributed by atoms with Gasteiger partial charge in [0.25, 0.3) is 0 Å². The summed E-state index contributed by atoms with van der Waals surface area (Å²) in [4.78, 5) is 11.0. The molecule has 0 bridgehead atoms. The van der Waals surface area contributed by atoms with Gasteiger partial charge >= 0.3 is 5.97 Å². The topological polar surface area (TPSA) is 72.5 Å². The van der Waals surface area contributed by atoms with Crippen LogP contribution in [-0.4, -0.2) is 11.1 Å². The van der Waals surface area contributed by atoms with Crippen LogP contribution < -0.4 is 10.5 Å². The fraction of sp³-hybridized carbons (Fsp3) is 0.188. The maximum absolute atomic E-state index is 13.8. The van der Waals surface area contributed by atoms with Gasteiger partial charge in [-0.15, -0.1) is 0 Å². The third-order valence-corrected chi connectivity index (χ3v) is 3.11. The number of rotatable bonds is 4. The van der Waals surface area contributed by atoms with Crippen LogP contribution in [0.5, 0.6) is 11.5 Å². The van der Waals surface area contributed by atoms with E-state index in [0.717, 1.165) is 17.7 Å². The molecule has 5 heteroatoms. The van der Waals surface area contributed by atoms with E-state index in [1.54, 1.807) is 12.1 Å². The number of halogens is 1. The van der Waals surface area contributed by atoms with Gasteiger partial charge in [-0.3, -0.25) is 0 Å². The van der Waals surface area contributed by atoms with Crippen LogP contribution in [0.4, 0.5) is 10.1 Å². The first-order chi connectivity index (χ1) is 9.88. The van der Waals surface area contributed by atoms with Crippen molar-refractivity contribution in [2.45, 2.75) is 19.8 Å². The number of carboxylic acid groups (broad SMARTS) is 1. The van der Waals surface area contributed by atoms with Crippen LogP contribution in [0.25, 0.3) is 0 Å². The highest BCUT2D eigenvalue weighted by molar-refractivity contribution is 5.94. The van der Waals surface area contributed by atoms with Crippen molar-refractivity contribution in [1.82, 2.24) is 0 Å². The van der Waals surface area contributed by atoms with Crippen molar-refractivity contribution in [3.8, 4) is 11.5 Å². The van der Waals surface area contributed by atoms with E-state index in [1.165, 1.54) is 0 Å². The van der Waals surface area contributed by atoms with E-state index in [1.807, 2.05) is 12.1 Å². The minimum atomic E-state index is -1.23. The summed E-state index contributed by atoms with van der Waals surface area (Å²) in [7, 11) is 0. The average molecular weight is 289 g/mol. The average Bonchev–Trinajstić information content (AvgIpc) is 2.42. The molecule has 0 aliphatic rings. The summed E-state index contributed by atoms with van der Waals surface area (Å²) in [5.74, 6) is -1.29. The molecular formula is C16H16FNO3. The number of carbonyl (C=O) groups is 1. The molecule has 3 N–H and O–H groups in total. The second kappa shape index (κ2) is 5.83. The van der Waals surface area contributed by atoms with Gasteiger partial charge in [0.15, 0.2) is 11.6 Å². The Bertz CT molecular complexity index is 666. The Balaban J connectivity index is 2.30. The predicted molar refractivity (Wildman–Crippen MR) is 78.4 cm³/mol. The maximum atomic E-state index is 13.8. The maximum Gasteiger partial charge on any atom is 0.337 e. The number of carboxylic acids is 1. The van der Waals surface area contributed by atoms with Crippen LogP contribution in [0.15, 0.2) is 36.4 Å². The Hall–Kier alpha value is -2.56. The van der Waals surface area contributed by atoms with Gasteiger partial charge < -0.3 is 15.6 Å². The van der Waals surface area contributed by atoms with Gasteiger partial charge in [0.05, 0.1) is 5.56 Å². The monoisotopic (exact) mass is 289 g/mol. The summed E-state index contributed by atoms with van der Waals surface area (Å²) in [6.07, 6.45) is 0. The van der Waals surface area contributed by atoms with E-state index in [9.17, 15) is 9.18 Å². The Morgan fingerprint density at radius 3 is 2.38 bits per heavy atom. The van der Waals surface area contributed by atoms with E-state index >= 15 is 0 Å². The molecule has 0 radical (unpaired) electrons. The zero-order valence-electron chi connectivity index (χ0n) is 11.8. The molecule has 0 fully saturated rings. The summed E-state index contributed by atoms with van der Waals surface area (Å²) in [5, 5.41) is 8.99. The van der Waals surface area contributed by atoms with E-state index in [2.05, 4.69) is 13.8 Å². The minimum absolute atomic E-state index is 0.137. The lowest BCUT2D eigenvalue weighted by atomic mass is 10.0. The number of hydrogen-bond donors (Lipinski definition) is 2. The van der Waals surface area contributed by atoms with Gasteiger partial charge in [-0.1, -0.05) is 26.0 Å². The zero-order valence-corrected chi connectivity index (χ0v) is 11.8. The Morgan fingerprint density at radius 1 is 1.24 bits per heavy atom. The first-order valence-electron chi connectivity index (χ1n) is 6.48. The van der Waals surface area contributed by atoms with Crippen LogP contribution in [0.2, 0.25) is 0 Å². The number of hydrogen-bond acceptors (Lipinski definition) is 3. The van der Waals surface area contributed by atoms with E-state index < -0.39 is 11.8 Å². The summed E-state index contributed by atoms with van der Waals surface area (Å²) in [5.41, 5.74) is 6.27. The highest BCUT2D eigenvalue weighted by Gasteiger charge is 2.14. The van der Waals surface area contributed by atoms with Crippen LogP contribution in [-0.2, 0) is 0 Å². The molecule has 0 spiro atoms. The first-order valence-corrected chi connectivity index (χ1v) is 6.48. The third-order valence-electron chi connectivity index (χ3n) is 3.11. The van der Waals surface area contributed by atoms with Crippen LogP contribution in [0.1, 0.15) is 35.7 Å². The van der Waals surface area contributed by atoms with Crippen molar-refractivity contribution in [2.24, 2.45) is 0 Å². The molecular weight excluding hydrogens is 273 g/mol. The lowest BCUT2D eigenvalue weighted by Crippen LogP contribution is -2.04. The van der Waals surface area contributed by atoms with Gasteiger partial charge in [-0.2, -0.15) is 0 Å². The van der Waals surface area contributed by atoms with Crippen molar-refractivity contribution < 1.29 is 19.0 Å². The van der Waals surface area contributed by atoms with Crippen molar-refractivity contribution in [2.75, 3.05) is 5.73 Å². The van der Waals surface area contributed by atoms with E-state index in [4.69, 9.17) is 15.6 Å². The van der Waals surface area contributed by atoms with Crippen molar-refractivity contribution in [3.05, 3.63) is 53.3 Å². The highest BCUT2D eigenvalue weighted by atomic mass is 19.1. The lowest BCUT2D eigenvalue weighted by molar-refractivity contribution is 0.0697. The molecule has 0 amide bonds. The van der Waals surface area contributed by atoms with E-state index in [-0.39, 0.29) is 17.0 Å². The SMILES string of the molecule is CC(C)c1ccc(Oc2cc(C(=O)O)c(N)cc2F)cc1. The standard InChI is InChI=1S/C16H16FNO3/c1-9(2)10-3-5-11(6-4-10)21-15-7-12(16(19)20)14(18)8-13(15)17/h3-9H,18H2,1-2H3,(H,19,20). The number of nitrogen functional groups attached to an aromatic ring is 1. The summed E-state index contributed by atoms with van der Waals surface area (Å²) in [6.45, 7) is 4.13. The second-order valence-corrected chi connectivity index (χ2v) is 5.00. The number of anilines is 1. The molecule has 2 aromatic carbocycles. The summed E-state index contributed by atoms with van der Waals surface area (Å²) >= 11 is 0. The Labute approximate surface area is 122 Å². The minimum Gasteiger partial charge on any atom is -0.478 e. The third kappa shape index (κ3) is 3.31. The van der Waals surface area contributed by atoms with Crippen LogP contribution in [0.3, 0.4) is 0 Å². The molecule has 0 saturated carbocycles. The van der Waals surface area contributed by atoms with Gasteiger partial charge in [0.1, 0.15) is 5.75 Å². The van der Waals surface area contributed by atoms with E-state index in [0.29, 0.717) is 11.7 Å². The first kappa shape index (κ1) is 14.8. The van der Waals surface area contributed by atoms with Gasteiger partial charge in [-0.05, 0) is 23.6 Å². The fourth-order valence-corrected chi connectivity index (χ4v) is 1.88. The predicted octanol–water partition coefficient (Wildman–Crippen LogP) is 4.02. The zero-order chi connectivity index (χ0) is 15.6. The molecule has 0 heterocycles. The fourth-order valence-electron chi connectivity index (χ4n) is 1.88. The molecule has 21 heavy (non-hydrogen) atoms. The van der Waals surface area contributed by atoms with Gasteiger partial charge in [0.2, 0.25) is 0 Å². The molecule has 110 valence electrons. The molecule has 0 saturated heterocycles. The molecule has 0 atom stereocenters. The smallest absolute Gasteiger partial charge is 0.337 e. The quantitative estimate of drug-likeness (QED) is 0.834. The molecule has 0 aromatic heterocycles. The Kier molecular flexibility index (Phi) is 4.12. The molecule has 0 unspecified atom stereocenters. The number of aromatic carboxylic acids is 1. The lowest BCUT2D eigenvalue weighted by Gasteiger charge is -2.11. The largest absolute Gasteiger partial charge is 0.478 e. The normalized spacial score (nSPS) is 10.7. The number of nitrogens with two attached hydrogens (primary N) is 1. The van der Waals surface area contributed by atoms with Crippen molar-refractivity contribution in [1.29, 1.82) is 0 Å². The van der Waals surface area contributed by atoms with Crippen molar-refractivity contribution in [3.63, 3.8) is 0 Å². The summed E-state index contributed by atoms with van der Waals surface area (Å²) < 4.78 is 19.2. The van der Waals surface area contributed by atoms with Crippen LogP contribution in [0, 0.1) is 5.82 Å². The highest BCUT2D eigenvalue weighted by Crippen LogP contribution is 2.29. The van der Waals surface area contributed by atoms with Gasteiger partial charge in [-0.25, -0.2) is 9.18 Å². The number of ether oxygens (including phenoxy) is 1. The van der Waals surface area contributed by atoms with Crippen LogP contribution >= 0.6 is 0 Å². The molecule has 2 aromatic rings. The van der Waals surface area contributed by atoms with Crippen molar-refractivity contribution >= 4 is 11.7 Å².